The highest BCUT2D eigenvalue weighted by atomic mass is 16.3. The molecule has 1 saturated heterocycles. The Bertz CT molecular complexity index is 491. The van der Waals surface area contributed by atoms with Gasteiger partial charge >= 0.3 is 6.03 Å². The van der Waals surface area contributed by atoms with Gasteiger partial charge in [-0.3, -0.25) is 10.1 Å². The molecule has 1 aromatic heterocycles. The van der Waals surface area contributed by atoms with Gasteiger partial charge in [0.2, 0.25) is 0 Å². The van der Waals surface area contributed by atoms with Gasteiger partial charge < -0.3 is 10.0 Å². The lowest BCUT2D eigenvalue weighted by atomic mass is 10.1. The number of nitrogens with one attached hydrogen (secondary N) is 1. The van der Waals surface area contributed by atoms with Gasteiger partial charge in [0, 0.05) is 26.2 Å². The Hall–Kier alpha value is -1.89. The minimum atomic E-state index is -0.315. The lowest BCUT2D eigenvalue weighted by Gasteiger charge is -2.29. The topological polar surface area (TPSA) is 87.5 Å². The summed E-state index contributed by atoms with van der Waals surface area (Å²) in [6.07, 6.45) is 0.868. The summed E-state index contributed by atoms with van der Waals surface area (Å²) in [5.41, 5.74) is -0.228. The minimum absolute atomic E-state index is 0.228. The average Bonchev–Trinajstić information content (AvgIpc) is 2.34. The highest BCUT2D eigenvalue weighted by molar-refractivity contribution is 5.88. The zero-order valence-corrected chi connectivity index (χ0v) is 10.2. The van der Waals surface area contributed by atoms with Gasteiger partial charge in [-0.2, -0.15) is 5.10 Å². The van der Waals surface area contributed by atoms with Crippen molar-refractivity contribution in [3.63, 3.8) is 0 Å². The number of nitrogens with zero attached hydrogens (tertiary/aromatic N) is 3. The van der Waals surface area contributed by atoms with Crippen molar-refractivity contribution in [1.82, 2.24) is 14.7 Å². The molecule has 2 rings (SSSR count). The molecular weight excluding hydrogens is 236 g/mol. The third-order valence-electron chi connectivity index (χ3n) is 2.95. The molecule has 0 atom stereocenters. The van der Waals surface area contributed by atoms with Crippen molar-refractivity contribution in [2.24, 2.45) is 7.05 Å². The molecule has 2 N–H and O–H groups in total. The maximum atomic E-state index is 11.9. The Kier molecular flexibility index (Phi) is 3.61. The highest BCUT2D eigenvalue weighted by Crippen LogP contribution is 2.11. The van der Waals surface area contributed by atoms with Gasteiger partial charge in [-0.1, -0.05) is 0 Å². The Morgan fingerprint density at radius 3 is 2.72 bits per heavy atom. The minimum Gasteiger partial charge on any atom is -0.393 e. The van der Waals surface area contributed by atoms with Gasteiger partial charge in [-0.05, 0) is 18.9 Å². The molecule has 0 aromatic carbocycles. The van der Waals surface area contributed by atoms with Crippen LogP contribution in [0.5, 0.6) is 0 Å². The van der Waals surface area contributed by atoms with Gasteiger partial charge in [0.1, 0.15) is 0 Å². The van der Waals surface area contributed by atoms with E-state index in [4.69, 9.17) is 0 Å². The van der Waals surface area contributed by atoms with Crippen molar-refractivity contribution in [3.8, 4) is 0 Å². The molecule has 1 aromatic rings. The zero-order chi connectivity index (χ0) is 13.1. The molecular formula is C11H16N4O3. The van der Waals surface area contributed by atoms with Crippen LogP contribution in [0.3, 0.4) is 0 Å². The molecule has 7 heteroatoms. The highest BCUT2D eigenvalue weighted by Gasteiger charge is 2.21. The normalized spacial score (nSPS) is 16.7. The summed E-state index contributed by atoms with van der Waals surface area (Å²) in [6.45, 7) is 1.05. The monoisotopic (exact) mass is 252 g/mol. The van der Waals surface area contributed by atoms with Crippen molar-refractivity contribution in [1.29, 1.82) is 0 Å². The number of aromatic nitrogens is 2. The fourth-order valence-electron chi connectivity index (χ4n) is 1.83. The van der Waals surface area contributed by atoms with E-state index in [2.05, 4.69) is 10.4 Å². The van der Waals surface area contributed by atoms with E-state index in [1.807, 2.05) is 0 Å². The first-order chi connectivity index (χ1) is 8.56. The van der Waals surface area contributed by atoms with Gasteiger partial charge in [0.15, 0.2) is 5.82 Å². The van der Waals surface area contributed by atoms with Crippen molar-refractivity contribution >= 4 is 11.8 Å². The number of carbonyl (C=O) groups excluding carboxylic acids is 1. The molecule has 2 amide bonds. The first-order valence-electron chi connectivity index (χ1n) is 5.84. The second-order valence-corrected chi connectivity index (χ2v) is 4.33. The number of rotatable bonds is 1. The number of aryl methyl sites for hydroxylation is 1. The van der Waals surface area contributed by atoms with Crippen molar-refractivity contribution in [2.75, 3.05) is 18.4 Å². The zero-order valence-electron chi connectivity index (χ0n) is 10.2. The number of hydrogen-bond donors (Lipinski definition) is 2. The van der Waals surface area contributed by atoms with E-state index in [0.29, 0.717) is 31.7 Å². The largest absolute Gasteiger partial charge is 0.393 e. The molecule has 2 heterocycles. The quantitative estimate of drug-likeness (QED) is 0.722. The van der Waals surface area contributed by atoms with Crippen molar-refractivity contribution < 1.29 is 9.90 Å². The number of carbonyl (C=O) groups is 1. The third kappa shape index (κ3) is 2.86. The molecule has 1 aliphatic rings. The van der Waals surface area contributed by atoms with Crippen LogP contribution in [0.15, 0.2) is 16.9 Å². The Morgan fingerprint density at radius 2 is 2.11 bits per heavy atom. The summed E-state index contributed by atoms with van der Waals surface area (Å²) in [5.74, 6) is 0.341. The van der Waals surface area contributed by atoms with Crippen molar-refractivity contribution in [2.45, 2.75) is 18.9 Å². The first kappa shape index (κ1) is 12.6. The maximum absolute atomic E-state index is 11.9. The van der Waals surface area contributed by atoms with E-state index in [1.54, 1.807) is 4.90 Å². The van der Waals surface area contributed by atoms with E-state index in [1.165, 1.54) is 19.2 Å². The number of aliphatic hydroxyl groups excluding tert-OH is 1. The molecule has 18 heavy (non-hydrogen) atoms. The van der Waals surface area contributed by atoms with Crippen LogP contribution >= 0.6 is 0 Å². The van der Waals surface area contributed by atoms with E-state index < -0.39 is 0 Å². The second kappa shape index (κ2) is 5.18. The second-order valence-electron chi connectivity index (χ2n) is 4.33. The Balaban J connectivity index is 1.98. The number of urea groups is 1. The fraction of sp³-hybridized carbons (Fsp3) is 0.545. The van der Waals surface area contributed by atoms with Gasteiger partial charge in [-0.25, -0.2) is 9.48 Å². The number of amides is 2. The fourth-order valence-corrected chi connectivity index (χ4v) is 1.83. The molecule has 0 bridgehead atoms. The lowest BCUT2D eigenvalue weighted by Crippen LogP contribution is -2.42. The van der Waals surface area contributed by atoms with E-state index in [9.17, 15) is 14.7 Å². The predicted octanol–water partition coefficient (Wildman–Crippen LogP) is -0.231. The average molecular weight is 252 g/mol. The van der Waals surface area contributed by atoms with Crippen LogP contribution in [-0.4, -0.2) is 45.0 Å². The molecule has 7 nitrogen and oxygen atoms in total. The number of piperidine rings is 1. The van der Waals surface area contributed by atoms with Crippen LogP contribution in [0.2, 0.25) is 0 Å². The molecule has 0 aliphatic carbocycles. The van der Waals surface area contributed by atoms with Gasteiger partial charge in [-0.15, -0.1) is 0 Å². The molecule has 0 unspecified atom stereocenters. The van der Waals surface area contributed by atoms with E-state index in [-0.39, 0.29) is 17.7 Å². The summed E-state index contributed by atoms with van der Waals surface area (Å²) in [4.78, 5) is 24.6. The summed E-state index contributed by atoms with van der Waals surface area (Å²) in [5, 5.41) is 15.9. The summed E-state index contributed by atoms with van der Waals surface area (Å²) < 4.78 is 1.16. The smallest absolute Gasteiger partial charge is 0.323 e. The number of anilines is 1. The number of aliphatic hydroxyl groups is 1. The molecule has 1 fully saturated rings. The van der Waals surface area contributed by atoms with Crippen LogP contribution < -0.4 is 10.9 Å². The first-order valence-corrected chi connectivity index (χ1v) is 5.84. The van der Waals surface area contributed by atoms with E-state index in [0.717, 1.165) is 4.68 Å². The van der Waals surface area contributed by atoms with Crippen molar-refractivity contribution in [3.05, 3.63) is 22.5 Å². The number of hydrogen-bond acceptors (Lipinski definition) is 4. The summed E-state index contributed by atoms with van der Waals surface area (Å²) in [7, 11) is 1.52. The van der Waals surface area contributed by atoms with Gasteiger partial charge in [0.25, 0.3) is 5.56 Å². The van der Waals surface area contributed by atoms with E-state index >= 15 is 0 Å². The van der Waals surface area contributed by atoms with Crippen LogP contribution in [0, 0.1) is 0 Å². The molecule has 0 saturated carbocycles. The van der Waals surface area contributed by atoms with Gasteiger partial charge in [0.05, 0.1) is 6.10 Å². The predicted molar refractivity (Wildman–Crippen MR) is 65.3 cm³/mol. The summed E-state index contributed by atoms with van der Waals surface area (Å²) in [6, 6.07) is 2.56. The molecule has 1 aliphatic heterocycles. The van der Waals surface area contributed by atoms with Crippen LogP contribution in [-0.2, 0) is 7.05 Å². The third-order valence-corrected chi connectivity index (χ3v) is 2.95. The Labute approximate surface area is 104 Å². The lowest BCUT2D eigenvalue weighted by molar-refractivity contribution is 0.0972. The molecule has 0 radical (unpaired) electrons. The number of likely N-dealkylation sites (tertiary alicyclic amines) is 1. The Morgan fingerprint density at radius 1 is 1.44 bits per heavy atom. The van der Waals surface area contributed by atoms with Crippen LogP contribution in [0.1, 0.15) is 12.8 Å². The molecule has 98 valence electrons. The standard InChI is InChI=1S/C11H16N4O3/c1-14-10(17)3-2-9(13-14)12-11(18)15-6-4-8(16)5-7-15/h2-3,8,16H,4-7H2,1H3,(H,12,13,18). The van der Waals surface area contributed by atoms with Crippen LogP contribution in [0.25, 0.3) is 0 Å². The summed E-state index contributed by atoms with van der Waals surface area (Å²) >= 11 is 0. The van der Waals surface area contributed by atoms with Crippen LogP contribution in [0.4, 0.5) is 10.6 Å². The SMILES string of the molecule is Cn1nc(NC(=O)N2CCC(O)CC2)ccc1=O. The molecule has 0 spiro atoms. The maximum Gasteiger partial charge on any atom is 0.323 e.